The van der Waals surface area contributed by atoms with Gasteiger partial charge in [-0.2, -0.15) is 0 Å². The van der Waals surface area contributed by atoms with Gasteiger partial charge in [0.1, 0.15) is 6.29 Å². The molecule has 0 aliphatic rings. The number of carbonyl (C=O) groups excluding carboxylic acids is 1. The first kappa shape index (κ1) is 15.0. The summed E-state index contributed by atoms with van der Waals surface area (Å²) in [5.41, 5.74) is 2.74. The van der Waals surface area contributed by atoms with E-state index in [1.165, 1.54) is 12.1 Å². The number of fused-ring (bicyclic) bond motifs is 2. The summed E-state index contributed by atoms with van der Waals surface area (Å²) >= 11 is 0. The van der Waals surface area contributed by atoms with Crippen LogP contribution in [-0.2, 0) is 0 Å². The minimum atomic E-state index is -2.38. The maximum Gasteiger partial charge on any atom is 0.263 e. The molecule has 0 unspecified atom stereocenters. The molecular formula is C18H14F2N2O. The topological polar surface area (TPSA) is 48.6 Å². The lowest BCUT2D eigenvalue weighted by atomic mass is 10.2. The van der Waals surface area contributed by atoms with Crippen molar-refractivity contribution in [1.29, 1.82) is 0 Å². The molecule has 116 valence electrons. The molecule has 2 aromatic heterocycles. The Morgan fingerprint density at radius 3 is 2.04 bits per heavy atom. The predicted molar refractivity (Wildman–Crippen MR) is 86.9 cm³/mol. The molecule has 4 rings (SSSR count). The van der Waals surface area contributed by atoms with Gasteiger partial charge in [0.25, 0.3) is 6.43 Å². The van der Waals surface area contributed by atoms with E-state index in [2.05, 4.69) is 9.97 Å². The van der Waals surface area contributed by atoms with Gasteiger partial charge < -0.3 is 9.97 Å². The first-order valence-corrected chi connectivity index (χ1v) is 7.05. The van der Waals surface area contributed by atoms with Crippen LogP contribution >= 0.6 is 0 Å². The number of halogens is 2. The third-order valence-electron chi connectivity index (χ3n) is 3.54. The number of alkyl halides is 2. The average Bonchev–Trinajstić information content (AvgIpc) is 3.22. The Hall–Kier alpha value is -2.95. The highest BCUT2D eigenvalue weighted by Gasteiger charge is 2.06. The quantitative estimate of drug-likeness (QED) is 0.498. The zero-order valence-corrected chi connectivity index (χ0v) is 12.1. The van der Waals surface area contributed by atoms with Crippen LogP contribution in [0.25, 0.3) is 21.8 Å². The summed E-state index contributed by atoms with van der Waals surface area (Å²) in [6, 6.07) is 13.9. The molecule has 0 spiro atoms. The standard InChI is InChI=1S/C9H7F2N.C9H7NO/c10-9(11)7-1-2-8-6(5-7)3-4-12-8;11-6-7-1-2-9-8(5-7)3-4-10-9/h1-5,9,12H;1-6,10H. The van der Waals surface area contributed by atoms with Crippen molar-refractivity contribution in [3.63, 3.8) is 0 Å². The molecule has 23 heavy (non-hydrogen) atoms. The second kappa shape index (κ2) is 6.44. The second-order valence-electron chi connectivity index (χ2n) is 5.07. The van der Waals surface area contributed by atoms with Crippen molar-refractivity contribution in [2.24, 2.45) is 0 Å². The fraction of sp³-hybridized carbons (Fsp3) is 0.0556. The summed E-state index contributed by atoms with van der Waals surface area (Å²) in [6.07, 6.45) is 2.07. The number of benzene rings is 2. The van der Waals surface area contributed by atoms with E-state index in [1.807, 2.05) is 24.4 Å². The van der Waals surface area contributed by atoms with Gasteiger partial charge in [-0.15, -0.1) is 0 Å². The van der Waals surface area contributed by atoms with E-state index < -0.39 is 6.43 Å². The minimum Gasteiger partial charge on any atom is -0.361 e. The SMILES string of the molecule is FC(F)c1ccc2[nH]ccc2c1.O=Cc1ccc2[nH]ccc2c1. The highest BCUT2D eigenvalue weighted by Crippen LogP contribution is 2.22. The van der Waals surface area contributed by atoms with Crippen LogP contribution in [0.5, 0.6) is 0 Å². The van der Waals surface area contributed by atoms with Gasteiger partial charge in [-0.25, -0.2) is 8.78 Å². The largest absolute Gasteiger partial charge is 0.361 e. The molecule has 2 heterocycles. The average molecular weight is 312 g/mol. The molecule has 5 heteroatoms. The summed E-state index contributed by atoms with van der Waals surface area (Å²) in [7, 11) is 0. The fourth-order valence-electron chi connectivity index (χ4n) is 2.35. The van der Waals surface area contributed by atoms with Gasteiger partial charge in [0.2, 0.25) is 0 Å². The van der Waals surface area contributed by atoms with Crippen molar-refractivity contribution in [1.82, 2.24) is 9.97 Å². The number of hydrogen-bond acceptors (Lipinski definition) is 1. The molecule has 0 amide bonds. The van der Waals surface area contributed by atoms with Gasteiger partial charge in [0.05, 0.1) is 0 Å². The van der Waals surface area contributed by atoms with Crippen molar-refractivity contribution in [2.75, 3.05) is 0 Å². The van der Waals surface area contributed by atoms with E-state index in [1.54, 1.807) is 24.4 Å². The number of carbonyl (C=O) groups is 1. The van der Waals surface area contributed by atoms with E-state index >= 15 is 0 Å². The highest BCUT2D eigenvalue weighted by molar-refractivity contribution is 5.87. The molecule has 0 saturated carbocycles. The van der Waals surface area contributed by atoms with Crippen LogP contribution in [0.4, 0.5) is 8.78 Å². The van der Waals surface area contributed by atoms with Gasteiger partial charge in [-0.05, 0) is 47.9 Å². The van der Waals surface area contributed by atoms with Crippen LogP contribution in [0, 0.1) is 0 Å². The maximum absolute atomic E-state index is 12.2. The van der Waals surface area contributed by atoms with Crippen LogP contribution in [0.1, 0.15) is 22.3 Å². The number of aromatic amines is 2. The molecule has 0 saturated heterocycles. The number of rotatable bonds is 2. The molecule has 2 aromatic carbocycles. The van der Waals surface area contributed by atoms with E-state index in [9.17, 15) is 13.6 Å². The number of nitrogens with one attached hydrogen (secondary N) is 2. The fourth-order valence-corrected chi connectivity index (χ4v) is 2.35. The van der Waals surface area contributed by atoms with Gasteiger partial charge in [0, 0.05) is 39.9 Å². The highest BCUT2D eigenvalue weighted by atomic mass is 19.3. The first-order valence-electron chi connectivity index (χ1n) is 7.05. The normalized spacial score (nSPS) is 10.7. The lowest BCUT2D eigenvalue weighted by molar-refractivity contribution is 0.112. The van der Waals surface area contributed by atoms with E-state index in [-0.39, 0.29) is 5.56 Å². The van der Waals surface area contributed by atoms with Crippen molar-refractivity contribution in [2.45, 2.75) is 6.43 Å². The first-order chi connectivity index (χ1) is 11.2. The van der Waals surface area contributed by atoms with Crippen molar-refractivity contribution in [3.05, 3.63) is 72.1 Å². The Morgan fingerprint density at radius 2 is 1.43 bits per heavy atom. The molecule has 0 atom stereocenters. The molecule has 0 radical (unpaired) electrons. The third-order valence-corrected chi connectivity index (χ3v) is 3.54. The van der Waals surface area contributed by atoms with E-state index in [0.29, 0.717) is 0 Å². The Labute approximate surface area is 130 Å². The summed E-state index contributed by atoms with van der Waals surface area (Å²) in [5.74, 6) is 0. The van der Waals surface area contributed by atoms with Crippen LogP contribution in [-0.4, -0.2) is 16.3 Å². The molecule has 0 aliphatic heterocycles. The Kier molecular flexibility index (Phi) is 4.19. The lowest BCUT2D eigenvalue weighted by Crippen LogP contribution is -1.81. The van der Waals surface area contributed by atoms with Crippen LogP contribution < -0.4 is 0 Å². The Morgan fingerprint density at radius 1 is 0.826 bits per heavy atom. The van der Waals surface area contributed by atoms with Crippen LogP contribution in [0.15, 0.2) is 60.9 Å². The third kappa shape index (κ3) is 3.29. The van der Waals surface area contributed by atoms with Gasteiger partial charge in [0.15, 0.2) is 0 Å². The smallest absolute Gasteiger partial charge is 0.263 e. The molecule has 0 fully saturated rings. The monoisotopic (exact) mass is 312 g/mol. The molecular weight excluding hydrogens is 298 g/mol. The van der Waals surface area contributed by atoms with Crippen LogP contribution in [0.2, 0.25) is 0 Å². The minimum absolute atomic E-state index is 0.0714. The predicted octanol–water partition coefficient (Wildman–Crippen LogP) is 5.09. The molecule has 3 nitrogen and oxygen atoms in total. The van der Waals surface area contributed by atoms with Crippen molar-refractivity contribution in [3.8, 4) is 0 Å². The van der Waals surface area contributed by atoms with Crippen LogP contribution in [0.3, 0.4) is 0 Å². The summed E-state index contributed by atoms with van der Waals surface area (Å²) < 4.78 is 24.4. The summed E-state index contributed by atoms with van der Waals surface area (Å²) in [5, 5.41) is 1.91. The van der Waals surface area contributed by atoms with Crippen molar-refractivity contribution < 1.29 is 13.6 Å². The second-order valence-corrected chi connectivity index (χ2v) is 5.07. The summed E-state index contributed by atoms with van der Waals surface area (Å²) in [6.45, 7) is 0. The van der Waals surface area contributed by atoms with Gasteiger partial charge in [-0.1, -0.05) is 6.07 Å². The molecule has 4 aromatic rings. The van der Waals surface area contributed by atoms with Gasteiger partial charge >= 0.3 is 0 Å². The van der Waals surface area contributed by atoms with Gasteiger partial charge in [-0.3, -0.25) is 4.79 Å². The summed E-state index contributed by atoms with van der Waals surface area (Å²) in [4.78, 5) is 16.4. The lowest BCUT2D eigenvalue weighted by Gasteiger charge is -1.97. The number of aromatic nitrogens is 2. The van der Waals surface area contributed by atoms with Crippen molar-refractivity contribution >= 4 is 28.1 Å². The zero-order chi connectivity index (χ0) is 16.2. The number of aldehydes is 1. The van der Waals surface area contributed by atoms with E-state index in [4.69, 9.17) is 0 Å². The maximum atomic E-state index is 12.2. The molecule has 0 aliphatic carbocycles. The molecule has 2 N–H and O–H groups in total. The molecule has 0 bridgehead atoms. The number of hydrogen-bond donors (Lipinski definition) is 2. The Bertz CT molecular complexity index is 940. The Balaban J connectivity index is 0.000000136. The number of H-pyrrole nitrogens is 2. The zero-order valence-electron chi connectivity index (χ0n) is 12.1. The van der Waals surface area contributed by atoms with E-state index in [0.717, 1.165) is 33.7 Å².